The number of nitrogens with zero attached hydrogens (tertiary/aromatic N) is 3. The fourth-order valence-corrected chi connectivity index (χ4v) is 4.41. The highest BCUT2D eigenvalue weighted by molar-refractivity contribution is 5.98. The number of furan rings is 1. The predicted octanol–water partition coefficient (Wildman–Crippen LogP) is 2.67. The molecule has 30 heavy (non-hydrogen) atoms. The average molecular weight is 406 g/mol. The zero-order valence-corrected chi connectivity index (χ0v) is 17.0. The molecule has 1 aliphatic heterocycles. The molecule has 1 saturated carbocycles. The minimum absolute atomic E-state index is 0.0523. The number of piperidine rings is 1. The molecule has 0 amide bonds. The van der Waals surface area contributed by atoms with Gasteiger partial charge in [-0.15, -0.1) is 0 Å². The summed E-state index contributed by atoms with van der Waals surface area (Å²) in [4.78, 5) is 24.1. The van der Waals surface area contributed by atoms with Crippen molar-refractivity contribution in [3.05, 3.63) is 53.7 Å². The Bertz CT molecular complexity index is 1080. The van der Waals surface area contributed by atoms with Gasteiger partial charge in [0.1, 0.15) is 11.2 Å². The molecule has 0 unspecified atom stereocenters. The van der Waals surface area contributed by atoms with Crippen molar-refractivity contribution in [3.8, 4) is 0 Å². The second-order valence-electron chi connectivity index (χ2n) is 8.65. The third-order valence-corrected chi connectivity index (χ3v) is 6.28. The summed E-state index contributed by atoms with van der Waals surface area (Å²) in [6.07, 6.45) is 7.23. The topological polar surface area (TPSA) is 105 Å². The lowest BCUT2D eigenvalue weighted by Crippen LogP contribution is -2.55. The van der Waals surface area contributed by atoms with Gasteiger partial charge in [0, 0.05) is 60.7 Å². The van der Waals surface area contributed by atoms with Crippen LogP contribution < -0.4 is 10.6 Å². The van der Waals surface area contributed by atoms with E-state index in [0.29, 0.717) is 24.7 Å². The van der Waals surface area contributed by atoms with E-state index in [0.717, 1.165) is 40.8 Å². The van der Waals surface area contributed by atoms with Crippen LogP contribution >= 0.6 is 0 Å². The predicted molar refractivity (Wildman–Crippen MR) is 114 cm³/mol. The highest BCUT2D eigenvalue weighted by Crippen LogP contribution is 2.43. The monoisotopic (exact) mass is 406 g/mol. The Hall–Kier alpha value is -2.77. The number of anilines is 1. The van der Waals surface area contributed by atoms with Crippen LogP contribution in [0.2, 0.25) is 0 Å². The summed E-state index contributed by atoms with van der Waals surface area (Å²) in [6, 6.07) is 5.16. The van der Waals surface area contributed by atoms with Gasteiger partial charge in [-0.25, -0.2) is 4.98 Å². The fraction of sp³-hybridized carbons (Fsp3) is 0.435. The van der Waals surface area contributed by atoms with Crippen LogP contribution in [0, 0.1) is 5.92 Å². The Morgan fingerprint density at radius 2 is 2.13 bits per heavy atom. The minimum Gasteiger partial charge on any atom is -0.462 e. The van der Waals surface area contributed by atoms with Gasteiger partial charge >= 0.3 is 0 Å². The van der Waals surface area contributed by atoms with Crippen LogP contribution in [0.3, 0.4) is 0 Å². The number of pyridine rings is 2. The number of hydrogen-bond donors (Lipinski definition) is 2. The van der Waals surface area contributed by atoms with E-state index in [1.54, 1.807) is 24.7 Å². The molecule has 2 fully saturated rings. The van der Waals surface area contributed by atoms with Gasteiger partial charge in [0.25, 0.3) is 0 Å². The summed E-state index contributed by atoms with van der Waals surface area (Å²) in [6.45, 7) is 3.22. The zero-order valence-electron chi connectivity index (χ0n) is 17.0. The largest absolute Gasteiger partial charge is 0.462 e. The lowest BCUT2D eigenvalue weighted by molar-refractivity contribution is 0.0784. The average Bonchev–Trinajstić information content (AvgIpc) is 3.50. The first-order chi connectivity index (χ1) is 14.5. The molecule has 0 bridgehead atoms. The molecule has 3 N–H and O–H groups in total. The van der Waals surface area contributed by atoms with Crippen molar-refractivity contribution in [2.75, 3.05) is 18.0 Å². The molecule has 0 aromatic carbocycles. The van der Waals surface area contributed by atoms with Gasteiger partial charge < -0.3 is 20.2 Å². The Labute approximate surface area is 174 Å². The Morgan fingerprint density at radius 1 is 1.30 bits per heavy atom. The van der Waals surface area contributed by atoms with E-state index in [9.17, 15) is 9.90 Å². The number of carbonyl (C=O) groups excluding carboxylic acids is 1. The molecule has 0 spiro atoms. The third kappa shape index (κ3) is 3.48. The lowest BCUT2D eigenvalue weighted by atomic mass is 9.92. The number of ketones is 1. The first-order valence-electron chi connectivity index (χ1n) is 10.5. The van der Waals surface area contributed by atoms with Gasteiger partial charge in [-0.05, 0) is 37.0 Å². The van der Waals surface area contributed by atoms with E-state index in [1.165, 1.54) is 0 Å². The number of Topliss-reactive ketones (excluding diaryl/α,β-unsaturated/α-hetero) is 1. The van der Waals surface area contributed by atoms with Gasteiger partial charge in [-0.1, -0.05) is 6.92 Å². The lowest BCUT2D eigenvalue weighted by Gasteiger charge is -2.40. The van der Waals surface area contributed by atoms with Gasteiger partial charge in [-0.2, -0.15) is 0 Å². The summed E-state index contributed by atoms with van der Waals surface area (Å²) < 4.78 is 5.61. The van der Waals surface area contributed by atoms with Crippen molar-refractivity contribution >= 4 is 22.6 Å². The van der Waals surface area contributed by atoms with Crippen molar-refractivity contribution in [1.29, 1.82) is 0 Å². The normalized spacial score (nSPS) is 24.4. The summed E-state index contributed by atoms with van der Waals surface area (Å²) in [5.41, 5.74) is 11.0. The molecule has 5 rings (SSSR count). The number of aromatic nitrogens is 2. The number of aliphatic hydroxyl groups is 1. The van der Waals surface area contributed by atoms with Gasteiger partial charge in [0.2, 0.25) is 0 Å². The molecule has 156 valence electrons. The molecule has 7 heteroatoms. The van der Waals surface area contributed by atoms with Crippen LogP contribution in [-0.2, 0) is 6.42 Å². The second-order valence-corrected chi connectivity index (χ2v) is 8.65. The highest BCUT2D eigenvalue weighted by atomic mass is 16.3. The van der Waals surface area contributed by atoms with E-state index in [4.69, 9.17) is 10.2 Å². The van der Waals surface area contributed by atoms with Crippen molar-refractivity contribution < 1.29 is 14.3 Å². The molecule has 1 saturated heterocycles. The molecular weight excluding hydrogens is 380 g/mol. The Kier molecular flexibility index (Phi) is 4.79. The quantitative estimate of drug-likeness (QED) is 0.628. The van der Waals surface area contributed by atoms with E-state index >= 15 is 0 Å². The first-order valence-corrected chi connectivity index (χ1v) is 10.5. The molecule has 7 nitrogen and oxygen atoms in total. The molecule has 3 aromatic rings. The summed E-state index contributed by atoms with van der Waals surface area (Å²) in [5.74, 6) is 0.509. The minimum atomic E-state index is -0.514. The molecule has 0 radical (unpaired) electrons. The smallest absolute Gasteiger partial charge is 0.185 e. The number of carbonyl (C=O) groups is 1. The van der Waals surface area contributed by atoms with Gasteiger partial charge in [0.15, 0.2) is 11.4 Å². The van der Waals surface area contributed by atoms with E-state index < -0.39 is 6.10 Å². The van der Waals surface area contributed by atoms with E-state index in [2.05, 4.69) is 14.9 Å². The number of hydrogen-bond acceptors (Lipinski definition) is 7. The highest BCUT2D eigenvalue weighted by Gasteiger charge is 2.32. The van der Waals surface area contributed by atoms with Crippen molar-refractivity contribution in [3.63, 3.8) is 0 Å². The van der Waals surface area contributed by atoms with Crippen molar-refractivity contribution in [2.24, 2.45) is 11.7 Å². The van der Waals surface area contributed by atoms with Crippen molar-refractivity contribution in [2.45, 2.75) is 44.2 Å². The Morgan fingerprint density at radius 3 is 2.90 bits per heavy atom. The molecule has 4 heterocycles. The van der Waals surface area contributed by atoms with Gasteiger partial charge in [0.05, 0.1) is 12.4 Å². The van der Waals surface area contributed by atoms with E-state index in [-0.39, 0.29) is 24.2 Å². The maximum Gasteiger partial charge on any atom is 0.185 e. The number of fused-ring (bicyclic) bond motifs is 1. The molecule has 3 aromatic heterocycles. The first kappa shape index (κ1) is 19.2. The summed E-state index contributed by atoms with van der Waals surface area (Å²) in [5, 5.41) is 10.2. The number of nitrogens with two attached hydrogens (primary N) is 1. The van der Waals surface area contributed by atoms with Crippen LogP contribution in [0.15, 0.2) is 41.3 Å². The van der Waals surface area contributed by atoms with Crippen LogP contribution in [0.1, 0.15) is 47.3 Å². The van der Waals surface area contributed by atoms with E-state index in [1.807, 2.05) is 19.1 Å². The van der Waals surface area contributed by atoms with Crippen LogP contribution in [0.25, 0.3) is 11.1 Å². The second kappa shape index (κ2) is 7.49. The van der Waals surface area contributed by atoms with Crippen LogP contribution in [-0.4, -0.2) is 46.1 Å². The Balaban J connectivity index is 1.40. The number of rotatable bonds is 5. The van der Waals surface area contributed by atoms with Crippen LogP contribution in [0.5, 0.6) is 0 Å². The zero-order chi connectivity index (χ0) is 20.8. The summed E-state index contributed by atoms with van der Waals surface area (Å²) in [7, 11) is 0. The third-order valence-electron chi connectivity index (χ3n) is 6.28. The van der Waals surface area contributed by atoms with Crippen molar-refractivity contribution in [1.82, 2.24) is 9.97 Å². The maximum absolute atomic E-state index is 13.1. The summed E-state index contributed by atoms with van der Waals surface area (Å²) >= 11 is 0. The SMILES string of the molecule is C[C@H]1CN(c2ccncc2CC(=O)c2ccc3occ(C4CC4)c3n2)C[C@@H](N)[C@@H]1O. The number of aliphatic hydroxyl groups excluding tert-OH is 1. The maximum atomic E-state index is 13.1. The standard InChI is InChI=1S/C23H26N4O3/c1-13-10-27(11-17(24)23(13)29)19-6-7-25-9-15(19)8-20(28)18-4-5-21-22(26-18)16(12-30-21)14-2-3-14/h4-7,9,12-14,17,23,29H,2-3,8,10-11,24H2,1H3/t13-,17+,23+/m0/s1. The van der Waals surface area contributed by atoms with Gasteiger partial charge in [-0.3, -0.25) is 9.78 Å². The molecule has 1 aliphatic carbocycles. The molecular formula is C23H26N4O3. The fourth-order valence-electron chi connectivity index (χ4n) is 4.41. The van der Waals surface area contributed by atoms with Crippen LogP contribution in [0.4, 0.5) is 5.69 Å². The molecule has 2 aliphatic rings. The molecule has 3 atom stereocenters.